The predicted molar refractivity (Wildman–Crippen MR) is 60.5 cm³/mol. The number of amides is 1. The molecule has 0 aromatic heterocycles. The SMILES string of the molecule is CC1(C(=O)N2CCC(C(=O)O)CC2)CCCO1. The molecule has 2 saturated heterocycles. The second-order valence-electron chi connectivity index (χ2n) is 5.09. The minimum absolute atomic E-state index is 0.0267. The van der Waals surface area contributed by atoms with Crippen LogP contribution in [0.1, 0.15) is 32.6 Å². The summed E-state index contributed by atoms with van der Waals surface area (Å²) in [5, 5.41) is 8.90. The molecule has 1 N–H and O–H groups in total. The maximum Gasteiger partial charge on any atom is 0.306 e. The maximum absolute atomic E-state index is 12.3. The van der Waals surface area contributed by atoms with Gasteiger partial charge in [0.1, 0.15) is 5.60 Å². The second-order valence-corrected chi connectivity index (χ2v) is 5.09. The van der Waals surface area contributed by atoms with Gasteiger partial charge in [0.05, 0.1) is 5.92 Å². The minimum Gasteiger partial charge on any atom is -0.481 e. The van der Waals surface area contributed by atoms with E-state index in [1.165, 1.54) is 0 Å². The molecule has 2 fully saturated rings. The predicted octanol–water partition coefficient (Wildman–Crippen LogP) is 0.879. The number of carboxylic acid groups (broad SMARTS) is 1. The van der Waals surface area contributed by atoms with Crippen molar-refractivity contribution < 1.29 is 19.4 Å². The molecule has 2 aliphatic rings. The van der Waals surface area contributed by atoms with Crippen molar-refractivity contribution in [3.05, 3.63) is 0 Å². The number of aliphatic carboxylic acids is 1. The summed E-state index contributed by atoms with van der Waals surface area (Å²) in [5.74, 6) is -1.02. The highest BCUT2D eigenvalue weighted by Crippen LogP contribution is 2.29. The topological polar surface area (TPSA) is 66.8 Å². The highest BCUT2D eigenvalue weighted by atomic mass is 16.5. The van der Waals surface area contributed by atoms with Gasteiger partial charge in [-0.1, -0.05) is 0 Å². The Labute approximate surface area is 101 Å². The van der Waals surface area contributed by atoms with Crippen LogP contribution in [0.2, 0.25) is 0 Å². The summed E-state index contributed by atoms with van der Waals surface area (Å²) in [6.45, 7) is 3.56. The highest BCUT2D eigenvalue weighted by molar-refractivity contribution is 5.85. The van der Waals surface area contributed by atoms with Gasteiger partial charge in [-0.05, 0) is 32.6 Å². The van der Waals surface area contributed by atoms with Gasteiger partial charge in [-0.3, -0.25) is 9.59 Å². The molecule has 2 aliphatic heterocycles. The number of ether oxygens (including phenoxy) is 1. The third-order valence-corrected chi connectivity index (χ3v) is 3.80. The van der Waals surface area contributed by atoms with Gasteiger partial charge in [0.25, 0.3) is 5.91 Å². The normalized spacial score (nSPS) is 30.5. The van der Waals surface area contributed by atoms with E-state index in [2.05, 4.69) is 0 Å². The van der Waals surface area contributed by atoms with Crippen LogP contribution in [0.4, 0.5) is 0 Å². The third kappa shape index (κ3) is 2.44. The van der Waals surface area contributed by atoms with E-state index in [4.69, 9.17) is 9.84 Å². The molecular weight excluding hydrogens is 222 g/mol. The van der Waals surface area contributed by atoms with Gasteiger partial charge in [-0.15, -0.1) is 0 Å². The van der Waals surface area contributed by atoms with Crippen LogP contribution in [0.5, 0.6) is 0 Å². The van der Waals surface area contributed by atoms with Crippen molar-refractivity contribution in [3.63, 3.8) is 0 Å². The van der Waals surface area contributed by atoms with Gasteiger partial charge < -0.3 is 14.7 Å². The summed E-state index contributed by atoms with van der Waals surface area (Å²) >= 11 is 0. The molecule has 1 amide bonds. The van der Waals surface area contributed by atoms with Crippen LogP contribution in [-0.2, 0) is 14.3 Å². The van der Waals surface area contributed by atoms with Crippen molar-refractivity contribution in [1.82, 2.24) is 4.90 Å². The molecule has 0 aliphatic carbocycles. The summed E-state index contributed by atoms with van der Waals surface area (Å²) in [6, 6.07) is 0. The Morgan fingerprint density at radius 3 is 2.47 bits per heavy atom. The molecule has 1 unspecified atom stereocenters. The molecule has 2 heterocycles. The lowest BCUT2D eigenvalue weighted by Gasteiger charge is -2.35. The lowest BCUT2D eigenvalue weighted by Crippen LogP contribution is -2.50. The fraction of sp³-hybridized carbons (Fsp3) is 0.833. The molecule has 1 atom stereocenters. The Kier molecular flexibility index (Phi) is 3.38. The molecule has 0 spiro atoms. The maximum atomic E-state index is 12.3. The van der Waals surface area contributed by atoms with Gasteiger partial charge in [0.15, 0.2) is 0 Å². The van der Waals surface area contributed by atoms with Gasteiger partial charge in [-0.25, -0.2) is 0 Å². The van der Waals surface area contributed by atoms with E-state index < -0.39 is 11.6 Å². The number of hydrogen-bond acceptors (Lipinski definition) is 3. The van der Waals surface area contributed by atoms with Gasteiger partial charge in [-0.2, -0.15) is 0 Å². The summed E-state index contributed by atoms with van der Waals surface area (Å²) in [5.41, 5.74) is -0.671. The van der Waals surface area contributed by atoms with Crippen LogP contribution in [-0.4, -0.2) is 47.2 Å². The molecule has 2 rings (SSSR count). The van der Waals surface area contributed by atoms with Crippen LogP contribution in [0.3, 0.4) is 0 Å². The zero-order chi connectivity index (χ0) is 12.5. The van der Waals surface area contributed by atoms with E-state index in [1.807, 2.05) is 6.92 Å². The molecule has 0 radical (unpaired) electrons. The Morgan fingerprint density at radius 1 is 1.35 bits per heavy atom. The number of carbonyl (C=O) groups excluding carboxylic acids is 1. The van der Waals surface area contributed by atoms with Crippen molar-refractivity contribution in [1.29, 1.82) is 0 Å². The standard InChI is InChI=1S/C12H19NO4/c1-12(5-2-8-17-12)11(16)13-6-3-9(4-7-13)10(14)15/h9H,2-8H2,1H3,(H,14,15). The number of likely N-dealkylation sites (tertiary alicyclic amines) is 1. The molecule has 0 aromatic carbocycles. The number of carbonyl (C=O) groups is 2. The quantitative estimate of drug-likeness (QED) is 0.779. The fourth-order valence-electron chi connectivity index (χ4n) is 2.61. The monoisotopic (exact) mass is 241 g/mol. The van der Waals surface area contributed by atoms with E-state index in [-0.39, 0.29) is 11.8 Å². The minimum atomic E-state index is -0.750. The van der Waals surface area contributed by atoms with Gasteiger partial charge in [0, 0.05) is 19.7 Å². The molecule has 5 heteroatoms. The average Bonchev–Trinajstić information content (AvgIpc) is 2.76. The van der Waals surface area contributed by atoms with E-state index in [1.54, 1.807) is 4.90 Å². The Morgan fingerprint density at radius 2 is 2.00 bits per heavy atom. The van der Waals surface area contributed by atoms with Crippen LogP contribution < -0.4 is 0 Å². The zero-order valence-electron chi connectivity index (χ0n) is 10.1. The van der Waals surface area contributed by atoms with Crippen molar-refractivity contribution >= 4 is 11.9 Å². The smallest absolute Gasteiger partial charge is 0.306 e. The van der Waals surface area contributed by atoms with E-state index in [0.29, 0.717) is 32.5 Å². The molecular formula is C12H19NO4. The number of hydrogen-bond donors (Lipinski definition) is 1. The average molecular weight is 241 g/mol. The number of carboxylic acids is 1. The van der Waals surface area contributed by atoms with Gasteiger partial charge in [0.2, 0.25) is 0 Å². The van der Waals surface area contributed by atoms with Crippen LogP contribution in [0.25, 0.3) is 0 Å². The Hall–Kier alpha value is -1.10. The number of rotatable bonds is 2. The van der Waals surface area contributed by atoms with Crippen LogP contribution >= 0.6 is 0 Å². The highest BCUT2D eigenvalue weighted by Gasteiger charge is 2.41. The first-order chi connectivity index (χ1) is 8.03. The number of nitrogens with zero attached hydrogens (tertiary/aromatic N) is 1. The fourth-order valence-corrected chi connectivity index (χ4v) is 2.61. The second kappa shape index (κ2) is 4.64. The van der Waals surface area contributed by atoms with Crippen molar-refractivity contribution in [2.75, 3.05) is 19.7 Å². The molecule has 96 valence electrons. The third-order valence-electron chi connectivity index (χ3n) is 3.80. The van der Waals surface area contributed by atoms with Crippen LogP contribution in [0, 0.1) is 5.92 Å². The molecule has 5 nitrogen and oxygen atoms in total. The lowest BCUT2D eigenvalue weighted by atomic mass is 9.94. The largest absolute Gasteiger partial charge is 0.481 e. The Bertz CT molecular complexity index is 314. The van der Waals surface area contributed by atoms with Crippen molar-refractivity contribution in [2.45, 2.75) is 38.2 Å². The first-order valence-corrected chi connectivity index (χ1v) is 6.19. The van der Waals surface area contributed by atoms with E-state index in [9.17, 15) is 9.59 Å². The summed E-state index contributed by atoms with van der Waals surface area (Å²) < 4.78 is 5.52. The number of piperidine rings is 1. The molecule has 0 aromatic rings. The summed E-state index contributed by atoms with van der Waals surface area (Å²) in [6.07, 6.45) is 2.80. The Balaban J connectivity index is 1.92. The molecule has 0 bridgehead atoms. The van der Waals surface area contributed by atoms with Crippen LogP contribution in [0.15, 0.2) is 0 Å². The first kappa shape index (κ1) is 12.4. The first-order valence-electron chi connectivity index (χ1n) is 6.19. The lowest BCUT2D eigenvalue weighted by molar-refractivity contribution is -0.155. The van der Waals surface area contributed by atoms with Crippen molar-refractivity contribution in [2.24, 2.45) is 5.92 Å². The van der Waals surface area contributed by atoms with E-state index >= 15 is 0 Å². The molecule has 0 saturated carbocycles. The van der Waals surface area contributed by atoms with Gasteiger partial charge >= 0.3 is 5.97 Å². The molecule has 17 heavy (non-hydrogen) atoms. The summed E-state index contributed by atoms with van der Waals surface area (Å²) in [7, 11) is 0. The van der Waals surface area contributed by atoms with E-state index in [0.717, 1.165) is 12.8 Å². The summed E-state index contributed by atoms with van der Waals surface area (Å²) in [4.78, 5) is 24.8. The van der Waals surface area contributed by atoms with Crippen molar-refractivity contribution in [3.8, 4) is 0 Å². The zero-order valence-corrected chi connectivity index (χ0v) is 10.1.